The van der Waals surface area contributed by atoms with Crippen LogP contribution >= 0.6 is 11.6 Å². The van der Waals surface area contributed by atoms with E-state index in [-0.39, 0.29) is 5.82 Å². The highest BCUT2D eigenvalue weighted by atomic mass is 35.5. The Morgan fingerprint density at radius 2 is 2.23 bits per heavy atom. The monoisotopic (exact) mass is 320 g/mol. The van der Waals surface area contributed by atoms with Crippen molar-refractivity contribution < 1.29 is 4.92 Å². The molecule has 2 aromatic heterocycles. The van der Waals surface area contributed by atoms with Crippen LogP contribution in [0.4, 0.5) is 5.82 Å². The number of halogens is 1. The SMILES string of the molecule is O=[N+]([O-])/C=C(/NCc1cccnc1)NNc1ccc(Cl)cn1. The van der Waals surface area contributed by atoms with Gasteiger partial charge in [0.2, 0.25) is 0 Å². The molecule has 0 unspecified atom stereocenters. The van der Waals surface area contributed by atoms with Gasteiger partial charge in [-0.2, -0.15) is 0 Å². The summed E-state index contributed by atoms with van der Waals surface area (Å²) in [5, 5.41) is 14.1. The van der Waals surface area contributed by atoms with Crippen LogP contribution in [0.25, 0.3) is 0 Å². The molecule has 2 heterocycles. The van der Waals surface area contributed by atoms with E-state index in [1.54, 1.807) is 30.6 Å². The zero-order valence-corrected chi connectivity index (χ0v) is 12.1. The normalized spacial score (nSPS) is 10.9. The number of nitro groups is 1. The van der Waals surface area contributed by atoms with Crippen molar-refractivity contribution >= 4 is 17.4 Å². The van der Waals surface area contributed by atoms with E-state index >= 15 is 0 Å². The van der Waals surface area contributed by atoms with E-state index < -0.39 is 4.92 Å². The molecule has 0 radical (unpaired) electrons. The Labute approximate surface area is 131 Å². The first kappa shape index (κ1) is 15.5. The van der Waals surface area contributed by atoms with Gasteiger partial charge in [0.1, 0.15) is 5.82 Å². The lowest BCUT2D eigenvalue weighted by Crippen LogP contribution is -2.31. The Kier molecular flexibility index (Phi) is 5.50. The summed E-state index contributed by atoms with van der Waals surface area (Å²) in [7, 11) is 0. The van der Waals surface area contributed by atoms with Crippen LogP contribution in [0.5, 0.6) is 0 Å². The second kappa shape index (κ2) is 7.79. The summed E-state index contributed by atoms with van der Waals surface area (Å²) in [4.78, 5) is 18.1. The molecule has 0 bridgehead atoms. The smallest absolute Gasteiger partial charge is 0.275 e. The number of anilines is 1. The zero-order chi connectivity index (χ0) is 15.8. The minimum absolute atomic E-state index is 0.186. The van der Waals surface area contributed by atoms with Crippen LogP contribution in [-0.4, -0.2) is 14.9 Å². The molecular weight excluding hydrogens is 308 g/mol. The third-order valence-corrected chi connectivity index (χ3v) is 2.72. The highest BCUT2D eigenvalue weighted by Crippen LogP contribution is 2.08. The van der Waals surface area contributed by atoms with Crippen molar-refractivity contribution in [3.63, 3.8) is 0 Å². The summed E-state index contributed by atoms with van der Waals surface area (Å²) < 4.78 is 0. The number of pyridine rings is 2. The fraction of sp³-hybridized carbons (Fsp3) is 0.0769. The Morgan fingerprint density at radius 1 is 1.36 bits per heavy atom. The van der Waals surface area contributed by atoms with E-state index in [4.69, 9.17) is 11.6 Å². The lowest BCUT2D eigenvalue weighted by Gasteiger charge is -2.12. The summed E-state index contributed by atoms with van der Waals surface area (Å²) in [5.74, 6) is 0.660. The van der Waals surface area contributed by atoms with Crippen molar-refractivity contribution in [3.8, 4) is 0 Å². The van der Waals surface area contributed by atoms with Crippen LogP contribution in [0, 0.1) is 10.1 Å². The third-order valence-electron chi connectivity index (χ3n) is 2.49. The number of nitrogens with zero attached hydrogens (tertiary/aromatic N) is 3. The molecule has 0 spiro atoms. The van der Waals surface area contributed by atoms with Gasteiger partial charge in [0.25, 0.3) is 6.20 Å². The van der Waals surface area contributed by atoms with Crippen molar-refractivity contribution in [3.05, 3.63) is 75.6 Å². The number of rotatable bonds is 7. The first-order chi connectivity index (χ1) is 10.6. The van der Waals surface area contributed by atoms with Crippen LogP contribution in [0.15, 0.2) is 54.9 Å². The molecule has 0 aromatic carbocycles. The van der Waals surface area contributed by atoms with Gasteiger partial charge < -0.3 is 5.32 Å². The van der Waals surface area contributed by atoms with E-state index in [2.05, 4.69) is 26.1 Å². The molecule has 22 heavy (non-hydrogen) atoms. The number of hydrogen-bond acceptors (Lipinski definition) is 7. The van der Waals surface area contributed by atoms with Crippen LogP contribution in [0.1, 0.15) is 5.56 Å². The fourth-order valence-electron chi connectivity index (χ4n) is 1.51. The van der Waals surface area contributed by atoms with E-state index in [0.717, 1.165) is 11.8 Å². The maximum atomic E-state index is 10.7. The van der Waals surface area contributed by atoms with Crippen molar-refractivity contribution in [1.82, 2.24) is 20.7 Å². The standard InChI is InChI=1S/C13H13ClN6O2/c14-11-3-4-12(17-8-11)18-19-13(9-20(21)22)16-7-10-2-1-5-15-6-10/h1-6,8-9,16,19H,7H2,(H,17,18)/b13-9-. The predicted octanol–water partition coefficient (Wildman–Crippen LogP) is 1.91. The quantitative estimate of drug-likeness (QED) is 0.528. The van der Waals surface area contributed by atoms with Crippen molar-refractivity contribution in [2.45, 2.75) is 6.54 Å². The van der Waals surface area contributed by atoms with E-state index in [1.165, 1.54) is 6.20 Å². The molecule has 0 amide bonds. The van der Waals surface area contributed by atoms with Gasteiger partial charge in [-0.15, -0.1) is 0 Å². The van der Waals surface area contributed by atoms with Crippen LogP contribution in [-0.2, 0) is 6.54 Å². The minimum Gasteiger partial charge on any atom is -0.361 e. The molecule has 9 heteroatoms. The average Bonchev–Trinajstić information content (AvgIpc) is 2.52. The van der Waals surface area contributed by atoms with Gasteiger partial charge >= 0.3 is 0 Å². The molecule has 2 aromatic rings. The molecule has 0 atom stereocenters. The van der Waals surface area contributed by atoms with Crippen LogP contribution in [0.3, 0.4) is 0 Å². The Bertz CT molecular complexity index is 647. The van der Waals surface area contributed by atoms with E-state index in [9.17, 15) is 10.1 Å². The molecular formula is C13H13ClN6O2. The zero-order valence-electron chi connectivity index (χ0n) is 11.4. The maximum absolute atomic E-state index is 10.7. The molecule has 2 rings (SSSR count). The second-order valence-electron chi connectivity index (χ2n) is 4.15. The van der Waals surface area contributed by atoms with Crippen molar-refractivity contribution in [2.24, 2.45) is 0 Å². The number of hydrazine groups is 1. The molecule has 8 nitrogen and oxygen atoms in total. The van der Waals surface area contributed by atoms with Gasteiger partial charge in [0.15, 0.2) is 5.82 Å². The summed E-state index contributed by atoms with van der Waals surface area (Å²) in [6.07, 6.45) is 5.61. The summed E-state index contributed by atoms with van der Waals surface area (Å²) in [6.45, 7) is 0.385. The second-order valence-corrected chi connectivity index (χ2v) is 4.59. The third kappa shape index (κ3) is 5.25. The topological polar surface area (TPSA) is 105 Å². The Balaban J connectivity index is 1.94. The lowest BCUT2D eigenvalue weighted by atomic mass is 10.3. The average molecular weight is 321 g/mol. The van der Waals surface area contributed by atoms with Crippen molar-refractivity contribution in [1.29, 1.82) is 0 Å². The van der Waals surface area contributed by atoms with Crippen LogP contribution in [0.2, 0.25) is 5.02 Å². The molecule has 0 aliphatic rings. The summed E-state index contributed by atoms with van der Waals surface area (Å²) in [6, 6.07) is 6.94. The minimum atomic E-state index is -0.560. The van der Waals surface area contributed by atoms with Gasteiger partial charge in [0.05, 0.1) is 9.95 Å². The lowest BCUT2D eigenvalue weighted by molar-refractivity contribution is -0.404. The molecule has 0 aliphatic heterocycles. The molecule has 0 fully saturated rings. The molecule has 0 saturated heterocycles. The van der Waals surface area contributed by atoms with Gasteiger partial charge in [-0.05, 0) is 23.8 Å². The summed E-state index contributed by atoms with van der Waals surface area (Å²) >= 11 is 5.73. The number of nitrogens with one attached hydrogen (secondary N) is 3. The number of hydrogen-bond donors (Lipinski definition) is 3. The molecule has 114 valence electrons. The maximum Gasteiger partial charge on any atom is 0.275 e. The largest absolute Gasteiger partial charge is 0.361 e. The first-order valence-electron chi connectivity index (χ1n) is 6.25. The fourth-order valence-corrected chi connectivity index (χ4v) is 1.62. The molecule has 0 saturated carbocycles. The van der Waals surface area contributed by atoms with Gasteiger partial charge in [-0.1, -0.05) is 17.7 Å². The number of aromatic nitrogens is 2. The Hall–Kier alpha value is -2.87. The first-order valence-corrected chi connectivity index (χ1v) is 6.63. The molecule has 0 aliphatic carbocycles. The highest BCUT2D eigenvalue weighted by molar-refractivity contribution is 6.30. The van der Waals surface area contributed by atoms with E-state index in [0.29, 0.717) is 17.4 Å². The van der Waals surface area contributed by atoms with Gasteiger partial charge in [0, 0.05) is 25.1 Å². The highest BCUT2D eigenvalue weighted by Gasteiger charge is 2.03. The van der Waals surface area contributed by atoms with E-state index in [1.807, 2.05) is 6.07 Å². The van der Waals surface area contributed by atoms with Gasteiger partial charge in [-0.3, -0.25) is 25.9 Å². The predicted molar refractivity (Wildman–Crippen MR) is 82.2 cm³/mol. The summed E-state index contributed by atoms with van der Waals surface area (Å²) in [5.41, 5.74) is 6.32. The van der Waals surface area contributed by atoms with Crippen LogP contribution < -0.4 is 16.2 Å². The Morgan fingerprint density at radius 3 is 2.86 bits per heavy atom. The van der Waals surface area contributed by atoms with Crippen molar-refractivity contribution in [2.75, 3.05) is 5.43 Å². The molecule has 3 N–H and O–H groups in total. The van der Waals surface area contributed by atoms with Gasteiger partial charge in [-0.25, -0.2) is 4.98 Å².